The molecular weight excluding hydrogens is 432 g/mol. The van der Waals surface area contributed by atoms with Crippen LogP contribution in [0, 0.1) is 0 Å². The highest BCUT2D eigenvalue weighted by molar-refractivity contribution is 5.91. The summed E-state index contributed by atoms with van der Waals surface area (Å²) in [6.45, 7) is 7.57. The molecule has 2 aromatic rings. The molecule has 0 aromatic heterocycles. The number of esters is 2. The first-order valence-electron chi connectivity index (χ1n) is 10.2. The first-order chi connectivity index (χ1) is 15.9. The van der Waals surface area contributed by atoms with Crippen LogP contribution in [0.15, 0.2) is 61.2 Å². The van der Waals surface area contributed by atoms with Crippen molar-refractivity contribution in [2.24, 2.45) is 0 Å². The van der Waals surface area contributed by atoms with E-state index in [9.17, 15) is 19.2 Å². The van der Waals surface area contributed by atoms with Gasteiger partial charge in [-0.2, -0.15) is 0 Å². The summed E-state index contributed by atoms with van der Waals surface area (Å²) < 4.78 is 19.9. The fourth-order valence-electron chi connectivity index (χ4n) is 2.21. The molecule has 0 unspecified atom stereocenters. The van der Waals surface area contributed by atoms with Crippen LogP contribution in [0.4, 0.5) is 4.79 Å². The summed E-state index contributed by atoms with van der Waals surface area (Å²) in [5.41, 5.74) is 0.279. The Kier molecular flexibility index (Phi) is 12.1. The van der Waals surface area contributed by atoms with Gasteiger partial charge in [0.1, 0.15) is 11.5 Å². The highest BCUT2D eigenvalue weighted by atomic mass is 16.7. The summed E-state index contributed by atoms with van der Waals surface area (Å²) in [4.78, 5) is 45.5. The average Bonchev–Trinajstić information content (AvgIpc) is 2.83. The number of carboxylic acids is 1. The number of aromatic carboxylic acids is 1. The predicted octanol–water partition coefficient (Wildman–Crippen LogP) is 4.66. The fraction of sp³-hybridized carbons (Fsp3) is 0.250. The summed E-state index contributed by atoms with van der Waals surface area (Å²) in [5, 5.41) is 8.86. The number of carbonyl (C=O) groups excluding carboxylic acids is 3. The molecule has 0 aliphatic carbocycles. The van der Waals surface area contributed by atoms with Crippen LogP contribution in [-0.4, -0.2) is 42.4 Å². The van der Waals surface area contributed by atoms with E-state index in [1.54, 1.807) is 0 Å². The Morgan fingerprint density at radius 3 is 1.79 bits per heavy atom. The molecule has 9 nitrogen and oxygen atoms in total. The van der Waals surface area contributed by atoms with Crippen LogP contribution in [0.5, 0.6) is 11.5 Å². The molecular formula is C24H26O9. The van der Waals surface area contributed by atoms with Crippen LogP contribution in [0.2, 0.25) is 0 Å². The summed E-state index contributed by atoms with van der Waals surface area (Å²) in [5.74, 6) is -1.88. The summed E-state index contributed by atoms with van der Waals surface area (Å²) in [6.07, 6.45) is 1.16. The van der Waals surface area contributed by atoms with Gasteiger partial charge in [-0.25, -0.2) is 19.2 Å². The van der Waals surface area contributed by atoms with Gasteiger partial charge in [-0.3, -0.25) is 0 Å². The molecule has 0 fully saturated rings. The predicted molar refractivity (Wildman–Crippen MR) is 119 cm³/mol. The lowest BCUT2D eigenvalue weighted by Gasteiger charge is -2.07. The highest BCUT2D eigenvalue weighted by Gasteiger charge is 2.11. The van der Waals surface area contributed by atoms with E-state index in [0.717, 1.165) is 6.08 Å². The molecule has 0 radical (unpaired) electrons. The second-order valence-electron chi connectivity index (χ2n) is 6.02. The second-order valence-corrected chi connectivity index (χ2v) is 6.02. The van der Waals surface area contributed by atoms with Gasteiger partial charge in [0.2, 0.25) is 0 Å². The molecule has 1 N–H and O–H groups in total. The number of hydrogen-bond acceptors (Lipinski definition) is 8. The molecule has 0 atom stereocenters. The SMILES string of the molecule is C=CC(=O)OCCCCOC(=O)Oc1ccc(C(=O)Oc2ccc(C(=O)O)cc2)cc1.CC. The molecule has 9 heteroatoms. The smallest absolute Gasteiger partial charge is 0.478 e. The zero-order valence-electron chi connectivity index (χ0n) is 18.4. The lowest BCUT2D eigenvalue weighted by molar-refractivity contribution is -0.137. The molecule has 0 saturated heterocycles. The van der Waals surface area contributed by atoms with Gasteiger partial charge in [-0.05, 0) is 61.4 Å². The number of rotatable bonds is 10. The van der Waals surface area contributed by atoms with Crippen LogP contribution >= 0.6 is 0 Å². The molecule has 176 valence electrons. The summed E-state index contributed by atoms with van der Waals surface area (Å²) in [6, 6.07) is 11.0. The molecule has 0 heterocycles. The van der Waals surface area contributed by atoms with E-state index < -0.39 is 24.1 Å². The fourth-order valence-corrected chi connectivity index (χ4v) is 2.21. The minimum Gasteiger partial charge on any atom is -0.478 e. The van der Waals surface area contributed by atoms with Gasteiger partial charge in [-0.15, -0.1) is 0 Å². The van der Waals surface area contributed by atoms with E-state index in [4.69, 9.17) is 24.1 Å². The van der Waals surface area contributed by atoms with Gasteiger partial charge >= 0.3 is 24.1 Å². The lowest BCUT2D eigenvalue weighted by Crippen LogP contribution is -2.12. The van der Waals surface area contributed by atoms with Crippen LogP contribution < -0.4 is 9.47 Å². The van der Waals surface area contributed by atoms with Gasteiger partial charge in [0.25, 0.3) is 0 Å². The molecule has 0 saturated carbocycles. The molecule has 0 aliphatic heterocycles. The largest absolute Gasteiger partial charge is 0.513 e. The monoisotopic (exact) mass is 458 g/mol. The number of carboxylic acid groups (broad SMARTS) is 1. The maximum absolute atomic E-state index is 12.1. The molecule has 0 amide bonds. The molecule has 33 heavy (non-hydrogen) atoms. The van der Waals surface area contributed by atoms with Gasteiger partial charge in [0.15, 0.2) is 0 Å². The van der Waals surface area contributed by atoms with Crippen molar-refractivity contribution in [1.29, 1.82) is 0 Å². The Hall–Kier alpha value is -4.14. The molecule has 2 aromatic carbocycles. The normalized spacial score (nSPS) is 9.52. The molecule has 0 aliphatic rings. The van der Waals surface area contributed by atoms with E-state index in [0.29, 0.717) is 12.8 Å². The van der Waals surface area contributed by atoms with Crippen LogP contribution in [0.1, 0.15) is 47.4 Å². The minimum absolute atomic E-state index is 0.0734. The first-order valence-corrected chi connectivity index (χ1v) is 10.2. The van der Waals surface area contributed by atoms with Gasteiger partial charge in [0, 0.05) is 6.08 Å². The number of benzene rings is 2. The van der Waals surface area contributed by atoms with Crippen molar-refractivity contribution in [3.05, 3.63) is 72.3 Å². The highest BCUT2D eigenvalue weighted by Crippen LogP contribution is 2.17. The maximum Gasteiger partial charge on any atom is 0.513 e. The van der Waals surface area contributed by atoms with Crippen molar-refractivity contribution in [3.63, 3.8) is 0 Å². The number of hydrogen-bond donors (Lipinski definition) is 1. The third-order valence-electron chi connectivity index (χ3n) is 3.77. The third kappa shape index (κ3) is 10.1. The van der Waals surface area contributed by atoms with E-state index >= 15 is 0 Å². The maximum atomic E-state index is 12.1. The zero-order valence-corrected chi connectivity index (χ0v) is 18.4. The summed E-state index contributed by atoms with van der Waals surface area (Å²) in [7, 11) is 0. The number of ether oxygens (including phenoxy) is 4. The van der Waals surface area contributed by atoms with E-state index in [1.807, 2.05) is 13.8 Å². The summed E-state index contributed by atoms with van der Waals surface area (Å²) >= 11 is 0. The zero-order chi connectivity index (χ0) is 24.6. The van der Waals surface area contributed by atoms with Crippen molar-refractivity contribution in [3.8, 4) is 11.5 Å². The van der Waals surface area contributed by atoms with Crippen LogP contribution in [0.25, 0.3) is 0 Å². The molecule has 0 spiro atoms. The number of unbranched alkanes of at least 4 members (excludes halogenated alkanes) is 1. The van der Waals surface area contributed by atoms with Crippen LogP contribution in [0.3, 0.4) is 0 Å². The van der Waals surface area contributed by atoms with Crippen molar-refractivity contribution in [1.82, 2.24) is 0 Å². The van der Waals surface area contributed by atoms with Gasteiger partial charge in [-0.1, -0.05) is 20.4 Å². The molecule has 0 bridgehead atoms. The minimum atomic E-state index is -1.08. The Labute approximate surface area is 191 Å². The van der Waals surface area contributed by atoms with E-state index in [1.165, 1.54) is 48.5 Å². The second kappa shape index (κ2) is 14.8. The van der Waals surface area contributed by atoms with Crippen molar-refractivity contribution in [2.45, 2.75) is 26.7 Å². The van der Waals surface area contributed by atoms with Crippen molar-refractivity contribution in [2.75, 3.05) is 13.2 Å². The Bertz CT molecular complexity index is 931. The van der Waals surface area contributed by atoms with E-state index in [2.05, 4.69) is 6.58 Å². The van der Waals surface area contributed by atoms with Crippen LogP contribution in [-0.2, 0) is 14.3 Å². The Balaban J connectivity index is 0.00000265. The Morgan fingerprint density at radius 2 is 1.27 bits per heavy atom. The standard InChI is InChI=1S/C22H20O9.C2H6/c1-2-19(23)28-13-3-4-14-29-22(27)31-18-11-7-16(8-12-18)21(26)30-17-9-5-15(6-10-17)20(24)25;1-2/h2,5-12H,1,3-4,13-14H2,(H,24,25);1-2H3. The van der Waals surface area contributed by atoms with Crippen molar-refractivity contribution >= 4 is 24.1 Å². The average molecular weight is 458 g/mol. The third-order valence-corrected chi connectivity index (χ3v) is 3.77. The lowest BCUT2D eigenvalue weighted by atomic mass is 10.2. The van der Waals surface area contributed by atoms with Gasteiger partial charge < -0.3 is 24.1 Å². The number of carbonyl (C=O) groups is 4. The van der Waals surface area contributed by atoms with Gasteiger partial charge in [0.05, 0.1) is 24.3 Å². The first kappa shape index (κ1) is 26.9. The quantitative estimate of drug-likeness (QED) is 0.178. The topological polar surface area (TPSA) is 125 Å². The molecule has 2 rings (SSSR count). The van der Waals surface area contributed by atoms with Crippen molar-refractivity contribution < 1.29 is 43.2 Å². The Morgan fingerprint density at radius 1 is 0.788 bits per heavy atom. The van der Waals surface area contributed by atoms with E-state index in [-0.39, 0.29) is 35.8 Å².